The number of halogens is 2. The maximum Gasteiger partial charge on any atom is 0.387 e. The minimum absolute atomic E-state index is 0.0131. The average Bonchev–Trinajstić information content (AvgIpc) is 2.38. The lowest BCUT2D eigenvalue weighted by molar-refractivity contribution is -0.0512. The van der Waals surface area contributed by atoms with Gasteiger partial charge in [-0.3, -0.25) is 4.90 Å². The molecule has 1 atom stereocenters. The van der Waals surface area contributed by atoms with Gasteiger partial charge < -0.3 is 14.6 Å². The molecular weight excluding hydrogens is 256 g/mol. The summed E-state index contributed by atoms with van der Waals surface area (Å²) >= 11 is 0. The highest BCUT2D eigenvalue weighted by atomic mass is 19.3. The zero-order valence-electron chi connectivity index (χ0n) is 11.3. The molecular formula is C13H19F2NO3. The predicted octanol–water partition coefficient (Wildman–Crippen LogP) is 2.11. The minimum Gasteiger partial charge on any atom is -0.493 e. The molecule has 0 spiro atoms. The van der Waals surface area contributed by atoms with Crippen molar-refractivity contribution in [3.05, 3.63) is 23.8 Å². The average molecular weight is 275 g/mol. The quantitative estimate of drug-likeness (QED) is 0.827. The maximum absolute atomic E-state index is 12.2. The predicted molar refractivity (Wildman–Crippen MR) is 67.6 cm³/mol. The van der Waals surface area contributed by atoms with Crippen LogP contribution in [0.25, 0.3) is 0 Å². The van der Waals surface area contributed by atoms with Gasteiger partial charge in [0, 0.05) is 12.6 Å². The molecule has 0 aromatic heterocycles. The number of aliphatic hydroxyl groups is 1. The van der Waals surface area contributed by atoms with Crippen LogP contribution in [0.3, 0.4) is 0 Å². The van der Waals surface area contributed by atoms with Crippen molar-refractivity contribution in [2.75, 3.05) is 20.8 Å². The van der Waals surface area contributed by atoms with Gasteiger partial charge >= 0.3 is 6.61 Å². The van der Waals surface area contributed by atoms with Crippen LogP contribution in [0.15, 0.2) is 18.2 Å². The Bertz CT molecular complexity index is 401. The van der Waals surface area contributed by atoms with E-state index in [1.165, 1.54) is 13.2 Å². The highest BCUT2D eigenvalue weighted by Crippen LogP contribution is 2.29. The Hall–Kier alpha value is -1.40. The SMILES string of the molecule is COc1cc(CN(C)C(C)CO)ccc1OC(F)F. The maximum atomic E-state index is 12.2. The van der Waals surface area contributed by atoms with E-state index in [-0.39, 0.29) is 24.1 Å². The molecule has 0 heterocycles. The van der Waals surface area contributed by atoms with Crippen LogP contribution in [0, 0.1) is 0 Å². The van der Waals surface area contributed by atoms with Gasteiger partial charge in [-0.1, -0.05) is 6.07 Å². The summed E-state index contributed by atoms with van der Waals surface area (Å²) in [6, 6.07) is 4.82. The van der Waals surface area contributed by atoms with Crippen LogP contribution in [-0.4, -0.2) is 43.4 Å². The normalized spacial score (nSPS) is 12.8. The van der Waals surface area contributed by atoms with Crippen molar-refractivity contribution < 1.29 is 23.4 Å². The van der Waals surface area contributed by atoms with Crippen molar-refractivity contribution in [1.82, 2.24) is 4.90 Å². The zero-order valence-corrected chi connectivity index (χ0v) is 11.3. The summed E-state index contributed by atoms with van der Waals surface area (Å²) in [6.07, 6.45) is 0. The number of hydrogen-bond donors (Lipinski definition) is 1. The van der Waals surface area contributed by atoms with E-state index in [0.717, 1.165) is 5.56 Å². The Morgan fingerprint density at radius 1 is 1.32 bits per heavy atom. The number of alkyl halides is 2. The first-order chi connectivity index (χ1) is 8.97. The molecule has 108 valence electrons. The molecule has 1 N–H and O–H groups in total. The van der Waals surface area contributed by atoms with Crippen LogP contribution in [0.1, 0.15) is 12.5 Å². The van der Waals surface area contributed by atoms with Crippen molar-refractivity contribution in [2.24, 2.45) is 0 Å². The number of likely N-dealkylation sites (N-methyl/N-ethyl adjacent to an activating group) is 1. The van der Waals surface area contributed by atoms with Crippen LogP contribution in [0.2, 0.25) is 0 Å². The second-order valence-electron chi connectivity index (χ2n) is 4.31. The summed E-state index contributed by atoms with van der Waals surface area (Å²) in [5, 5.41) is 9.06. The first kappa shape index (κ1) is 15.7. The molecule has 0 amide bonds. The van der Waals surface area contributed by atoms with Crippen LogP contribution in [0.4, 0.5) is 8.78 Å². The number of hydrogen-bond acceptors (Lipinski definition) is 4. The summed E-state index contributed by atoms with van der Waals surface area (Å²) in [5.74, 6) is 0.280. The van der Waals surface area contributed by atoms with E-state index in [4.69, 9.17) is 9.84 Å². The van der Waals surface area contributed by atoms with Gasteiger partial charge in [-0.05, 0) is 31.7 Å². The van der Waals surface area contributed by atoms with Crippen molar-refractivity contribution in [3.63, 3.8) is 0 Å². The standard InChI is InChI=1S/C13H19F2NO3/c1-9(8-17)16(2)7-10-4-5-11(19-13(14)15)12(6-10)18-3/h4-6,9,13,17H,7-8H2,1-3H3. The summed E-state index contributed by atoms with van der Waals surface area (Å²) in [6.45, 7) is -0.351. The molecule has 1 aromatic rings. The van der Waals surface area contributed by atoms with Crippen LogP contribution >= 0.6 is 0 Å². The van der Waals surface area contributed by atoms with Gasteiger partial charge in [0.1, 0.15) is 0 Å². The van der Waals surface area contributed by atoms with Crippen molar-refractivity contribution >= 4 is 0 Å². The topological polar surface area (TPSA) is 41.9 Å². The zero-order chi connectivity index (χ0) is 14.4. The summed E-state index contributed by atoms with van der Waals surface area (Å²) < 4.78 is 33.8. The van der Waals surface area contributed by atoms with Crippen LogP contribution in [-0.2, 0) is 6.54 Å². The third kappa shape index (κ3) is 4.65. The van der Waals surface area contributed by atoms with E-state index < -0.39 is 6.61 Å². The largest absolute Gasteiger partial charge is 0.493 e. The van der Waals surface area contributed by atoms with Crippen LogP contribution < -0.4 is 9.47 Å². The highest BCUT2D eigenvalue weighted by molar-refractivity contribution is 5.43. The highest BCUT2D eigenvalue weighted by Gasteiger charge is 2.13. The molecule has 0 aliphatic rings. The van der Waals surface area contributed by atoms with Crippen molar-refractivity contribution in [2.45, 2.75) is 26.1 Å². The monoisotopic (exact) mass is 275 g/mol. The third-order valence-electron chi connectivity index (χ3n) is 2.89. The van der Waals surface area contributed by atoms with E-state index in [1.54, 1.807) is 12.1 Å². The third-order valence-corrected chi connectivity index (χ3v) is 2.89. The molecule has 0 radical (unpaired) electrons. The second-order valence-corrected chi connectivity index (χ2v) is 4.31. The molecule has 19 heavy (non-hydrogen) atoms. The molecule has 0 fully saturated rings. The summed E-state index contributed by atoms with van der Waals surface area (Å²) in [7, 11) is 3.27. The number of nitrogens with zero attached hydrogens (tertiary/aromatic N) is 1. The van der Waals surface area contributed by atoms with Gasteiger partial charge in [0.15, 0.2) is 11.5 Å². The molecule has 0 aliphatic heterocycles. The van der Waals surface area contributed by atoms with Gasteiger partial charge in [0.2, 0.25) is 0 Å². The van der Waals surface area contributed by atoms with Crippen molar-refractivity contribution in [3.8, 4) is 11.5 Å². The molecule has 1 rings (SSSR count). The van der Waals surface area contributed by atoms with E-state index >= 15 is 0 Å². The fourth-order valence-corrected chi connectivity index (χ4v) is 1.59. The lowest BCUT2D eigenvalue weighted by atomic mass is 10.1. The molecule has 1 aromatic carbocycles. The minimum atomic E-state index is -2.88. The Morgan fingerprint density at radius 2 is 2.00 bits per heavy atom. The van der Waals surface area contributed by atoms with E-state index in [9.17, 15) is 8.78 Å². The molecule has 4 nitrogen and oxygen atoms in total. The van der Waals surface area contributed by atoms with E-state index in [0.29, 0.717) is 6.54 Å². The Labute approximate surface area is 111 Å². The van der Waals surface area contributed by atoms with E-state index in [2.05, 4.69) is 4.74 Å². The molecule has 0 saturated carbocycles. The van der Waals surface area contributed by atoms with Gasteiger partial charge in [0.05, 0.1) is 13.7 Å². The first-order valence-electron chi connectivity index (χ1n) is 5.90. The first-order valence-corrected chi connectivity index (χ1v) is 5.90. The Kier molecular flexibility index (Phi) is 5.98. The fourth-order valence-electron chi connectivity index (χ4n) is 1.59. The van der Waals surface area contributed by atoms with E-state index in [1.807, 2.05) is 18.9 Å². The molecule has 0 bridgehead atoms. The van der Waals surface area contributed by atoms with Gasteiger partial charge in [-0.15, -0.1) is 0 Å². The smallest absolute Gasteiger partial charge is 0.387 e. The molecule has 0 saturated heterocycles. The van der Waals surface area contributed by atoms with Crippen LogP contribution in [0.5, 0.6) is 11.5 Å². The lowest BCUT2D eigenvalue weighted by Crippen LogP contribution is -2.31. The number of benzene rings is 1. The van der Waals surface area contributed by atoms with Crippen molar-refractivity contribution in [1.29, 1.82) is 0 Å². The second kappa shape index (κ2) is 7.25. The lowest BCUT2D eigenvalue weighted by Gasteiger charge is -2.23. The summed E-state index contributed by atoms with van der Waals surface area (Å²) in [5.41, 5.74) is 0.890. The molecule has 6 heteroatoms. The molecule has 0 aliphatic carbocycles. The fraction of sp³-hybridized carbons (Fsp3) is 0.538. The number of ether oxygens (including phenoxy) is 2. The Balaban J connectivity index is 2.82. The van der Waals surface area contributed by atoms with Gasteiger partial charge in [0.25, 0.3) is 0 Å². The summed E-state index contributed by atoms with van der Waals surface area (Å²) in [4.78, 5) is 1.95. The van der Waals surface area contributed by atoms with Gasteiger partial charge in [-0.2, -0.15) is 8.78 Å². The number of aliphatic hydroxyl groups excluding tert-OH is 1. The number of methoxy groups -OCH3 is 1. The molecule has 1 unspecified atom stereocenters. The van der Waals surface area contributed by atoms with Gasteiger partial charge in [-0.25, -0.2) is 0 Å². The number of rotatable bonds is 7. The Morgan fingerprint density at radius 3 is 2.53 bits per heavy atom.